The number of hydrogen-bond donors (Lipinski definition) is 0. The van der Waals surface area contributed by atoms with Gasteiger partial charge in [0, 0.05) is 0 Å². The number of halogens is 2. The zero-order valence-electron chi connectivity index (χ0n) is 17.8. The Morgan fingerprint density at radius 1 is 0.533 bits per heavy atom. The van der Waals surface area contributed by atoms with Gasteiger partial charge >= 0.3 is 0 Å². The average molecular weight is 472 g/mol. The molecule has 30 heavy (non-hydrogen) atoms. The Kier molecular flexibility index (Phi) is 7.47. The first kappa shape index (κ1) is 22.2. The summed E-state index contributed by atoms with van der Waals surface area (Å²) in [7, 11) is -4.94. The van der Waals surface area contributed by atoms with Crippen LogP contribution < -0.4 is 10.4 Å². The molecule has 2 atom stereocenters. The smallest absolute Gasteiger partial charge is 0.144 e. The van der Waals surface area contributed by atoms with Crippen LogP contribution >= 0.6 is 22.2 Å². The van der Waals surface area contributed by atoms with Crippen molar-refractivity contribution in [3.05, 3.63) is 60.7 Å². The van der Waals surface area contributed by atoms with Crippen LogP contribution in [0, 0.1) is 11.1 Å². The van der Waals surface area contributed by atoms with E-state index in [0.29, 0.717) is 11.1 Å². The van der Waals surface area contributed by atoms with Crippen molar-refractivity contribution in [2.24, 2.45) is 0 Å². The zero-order chi connectivity index (χ0) is 20.9. The van der Waals surface area contributed by atoms with Gasteiger partial charge in [0.1, 0.15) is 0 Å². The summed E-state index contributed by atoms with van der Waals surface area (Å²) in [5.41, 5.74) is 8.66. The van der Waals surface area contributed by atoms with Crippen LogP contribution in [0.5, 0.6) is 0 Å². The van der Waals surface area contributed by atoms with Gasteiger partial charge in [0.2, 0.25) is 0 Å². The third-order valence-corrected chi connectivity index (χ3v) is 17.9. The Balaban J connectivity index is 1.77. The summed E-state index contributed by atoms with van der Waals surface area (Å²) >= 11 is 15.2. The van der Waals surface area contributed by atoms with Crippen LogP contribution in [0.25, 0.3) is 0 Å². The van der Waals surface area contributed by atoms with Crippen LogP contribution in [-0.4, -0.2) is 14.8 Å². The highest BCUT2D eigenvalue weighted by atomic mass is 35.6. The van der Waals surface area contributed by atoms with Crippen molar-refractivity contribution in [1.82, 2.24) is 0 Å². The van der Waals surface area contributed by atoms with Gasteiger partial charge in [-0.05, 0) is 21.5 Å². The maximum absolute atomic E-state index is 7.60. The maximum atomic E-state index is 7.60. The molecule has 0 heterocycles. The third kappa shape index (κ3) is 4.75. The summed E-state index contributed by atoms with van der Waals surface area (Å²) in [6, 6.07) is 21.5. The van der Waals surface area contributed by atoms with E-state index in [2.05, 4.69) is 71.8 Å². The molecule has 158 valence electrons. The van der Waals surface area contributed by atoms with E-state index in [1.54, 1.807) is 0 Å². The highest BCUT2D eigenvalue weighted by Gasteiger charge is 2.45. The van der Waals surface area contributed by atoms with Crippen LogP contribution in [0.15, 0.2) is 60.7 Å². The fraction of sp³-hybridized carbons (Fsp3) is 0.462. The Bertz CT molecular complexity index is 793. The molecule has 0 aliphatic heterocycles. The van der Waals surface area contributed by atoms with E-state index >= 15 is 0 Å². The van der Waals surface area contributed by atoms with Gasteiger partial charge in [-0.15, -0.1) is 33.2 Å². The monoisotopic (exact) mass is 470 g/mol. The second kappa shape index (κ2) is 10.1. The Labute approximate surface area is 193 Å². The van der Waals surface area contributed by atoms with E-state index in [1.165, 1.54) is 74.6 Å². The molecule has 2 aliphatic carbocycles. The minimum Gasteiger partial charge on any atom is -0.144 e. The normalized spacial score (nSPS) is 22.3. The molecule has 4 heteroatoms. The van der Waals surface area contributed by atoms with Crippen molar-refractivity contribution in [3.8, 4) is 11.1 Å². The second-order valence-electron chi connectivity index (χ2n) is 9.08. The molecule has 2 aliphatic rings. The van der Waals surface area contributed by atoms with E-state index in [4.69, 9.17) is 22.2 Å². The highest BCUT2D eigenvalue weighted by Crippen LogP contribution is 2.41. The van der Waals surface area contributed by atoms with E-state index in [9.17, 15) is 0 Å². The molecule has 0 amide bonds. The molecule has 2 aromatic carbocycles. The first-order valence-electron chi connectivity index (χ1n) is 11.7. The van der Waals surface area contributed by atoms with Crippen LogP contribution in [0.2, 0.25) is 11.1 Å². The molecule has 0 radical (unpaired) electrons. The number of benzene rings is 2. The van der Waals surface area contributed by atoms with Crippen LogP contribution in [-0.2, 0) is 0 Å². The Morgan fingerprint density at radius 3 is 1.20 bits per heavy atom. The van der Waals surface area contributed by atoms with Gasteiger partial charge < -0.3 is 0 Å². The van der Waals surface area contributed by atoms with Crippen LogP contribution in [0.3, 0.4) is 0 Å². The zero-order valence-corrected chi connectivity index (χ0v) is 21.3. The summed E-state index contributed by atoms with van der Waals surface area (Å²) in [4.78, 5) is 0. The lowest BCUT2D eigenvalue weighted by Crippen LogP contribution is -2.50. The minimum absolute atomic E-state index is 0.528. The van der Waals surface area contributed by atoms with Crippen molar-refractivity contribution in [2.75, 3.05) is 0 Å². The summed E-state index contributed by atoms with van der Waals surface area (Å²) in [5, 5.41) is 2.55. The van der Waals surface area contributed by atoms with Crippen LogP contribution in [0.1, 0.15) is 64.2 Å². The molecule has 0 spiro atoms. The Hall–Kier alpha value is -0.986. The summed E-state index contributed by atoms with van der Waals surface area (Å²) in [6.45, 7) is 0. The van der Waals surface area contributed by atoms with Gasteiger partial charge in [0.15, 0.2) is 0 Å². The third-order valence-electron chi connectivity index (χ3n) is 7.15. The van der Waals surface area contributed by atoms with Crippen LogP contribution in [0.4, 0.5) is 0 Å². The predicted molar refractivity (Wildman–Crippen MR) is 137 cm³/mol. The molecule has 2 fully saturated rings. The molecule has 2 aromatic rings. The maximum Gasteiger partial charge on any atom is 0.265 e. The molecule has 4 rings (SSSR count). The molecule has 0 bridgehead atoms. The quantitative estimate of drug-likeness (QED) is 0.258. The molecule has 0 aromatic heterocycles. The lowest BCUT2D eigenvalue weighted by Gasteiger charge is -2.34. The average Bonchev–Trinajstić information content (AvgIpc) is 2.84. The minimum atomic E-state index is -2.47. The first-order chi connectivity index (χ1) is 14.6. The van der Waals surface area contributed by atoms with E-state index < -0.39 is 14.8 Å². The topological polar surface area (TPSA) is 0 Å². The standard InChI is InChI=1S/C26H32Cl2Si2/c27-29(23-13-5-1-6-14-23,24-15-7-2-8-16-24)21-22-30(28,25-17-9-3-10-18-25)26-19-11-4-12-20-26/h1,3,5-6,9-10,13-14,17-18,24,26H,2,4,7-8,11-12,15-16,19-20H2. The first-order valence-corrected chi connectivity index (χ1v) is 17.8. The molecule has 0 nitrogen and oxygen atoms in total. The largest absolute Gasteiger partial charge is 0.265 e. The van der Waals surface area contributed by atoms with E-state index in [0.717, 1.165) is 0 Å². The SMILES string of the molecule is Cl[Si](C#C[Si](Cl)(c1ccccc1)C1CCCCC1)(c1ccccc1)C1CCCCC1. The van der Waals surface area contributed by atoms with Gasteiger partial charge in [-0.3, -0.25) is 0 Å². The molecular formula is C26H32Cl2Si2. The fourth-order valence-corrected chi connectivity index (χ4v) is 15.1. The number of rotatable bonds is 4. The fourth-order valence-electron chi connectivity index (χ4n) is 5.36. The lowest BCUT2D eigenvalue weighted by molar-refractivity contribution is 0.498. The number of hydrogen-bond acceptors (Lipinski definition) is 0. The second-order valence-corrected chi connectivity index (χ2v) is 18.8. The summed E-state index contributed by atoms with van der Waals surface area (Å²) in [6.07, 6.45) is 12.7. The Morgan fingerprint density at radius 2 is 0.867 bits per heavy atom. The van der Waals surface area contributed by atoms with E-state index in [1.807, 2.05) is 0 Å². The summed E-state index contributed by atoms with van der Waals surface area (Å²) < 4.78 is 0. The molecular weight excluding hydrogens is 439 g/mol. The molecule has 0 saturated heterocycles. The van der Waals surface area contributed by atoms with Gasteiger partial charge in [0.25, 0.3) is 14.8 Å². The molecule has 0 N–H and O–H groups in total. The van der Waals surface area contributed by atoms with Crippen molar-refractivity contribution >= 4 is 47.3 Å². The van der Waals surface area contributed by atoms with Crippen molar-refractivity contribution in [3.63, 3.8) is 0 Å². The van der Waals surface area contributed by atoms with Gasteiger partial charge in [-0.1, -0.05) is 125 Å². The lowest BCUT2D eigenvalue weighted by atomic mass is 10.0. The summed E-state index contributed by atoms with van der Waals surface area (Å²) in [5.74, 6) is 0. The van der Waals surface area contributed by atoms with Gasteiger partial charge in [-0.2, -0.15) is 0 Å². The predicted octanol–water partition coefficient (Wildman–Crippen LogP) is 6.92. The highest BCUT2D eigenvalue weighted by molar-refractivity contribution is 7.35. The van der Waals surface area contributed by atoms with Gasteiger partial charge in [-0.25, -0.2) is 0 Å². The van der Waals surface area contributed by atoms with Gasteiger partial charge in [0.05, 0.1) is 0 Å². The van der Waals surface area contributed by atoms with E-state index in [-0.39, 0.29) is 0 Å². The van der Waals surface area contributed by atoms with Crippen molar-refractivity contribution in [2.45, 2.75) is 75.3 Å². The molecule has 2 saturated carbocycles. The van der Waals surface area contributed by atoms with Crippen molar-refractivity contribution < 1.29 is 0 Å². The van der Waals surface area contributed by atoms with Crippen molar-refractivity contribution in [1.29, 1.82) is 0 Å². The molecule has 2 unspecified atom stereocenters.